The van der Waals surface area contributed by atoms with Crippen LogP contribution in [-0.2, 0) is 23.9 Å². The molecule has 0 aliphatic rings. The summed E-state index contributed by atoms with van der Waals surface area (Å²) in [4.78, 5) is 40.9. The van der Waals surface area contributed by atoms with Crippen molar-refractivity contribution in [1.82, 2.24) is 0 Å². The Morgan fingerprint density at radius 3 is 1.88 bits per heavy atom. The van der Waals surface area contributed by atoms with Gasteiger partial charge in [-0.3, -0.25) is 14.4 Å². The van der Waals surface area contributed by atoms with E-state index in [2.05, 4.69) is 0 Å². The van der Waals surface area contributed by atoms with Crippen molar-refractivity contribution >= 4 is 36.3 Å². The normalized spacial score (nSPS) is 12.5. The predicted octanol–water partition coefficient (Wildman–Crippen LogP) is -1.55. The fourth-order valence-corrected chi connectivity index (χ4v) is 1.58. The summed E-state index contributed by atoms with van der Waals surface area (Å²) in [5.41, 5.74) is 4.94. The van der Waals surface area contributed by atoms with Crippen molar-refractivity contribution in [2.45, 2.75) is 38.3 Å². The smallest absolute Gasteiger partial charge is 0.307 e. The van der Waals surface area contributed by atoms with Gasteiger partial charge in [-0.2, -0.15) is 0 Å². The van der Waals surface area contributed by atoms with Crippen LogP contribution in [0.2, 0.25) is 0 Å². The van der Waals surface area contributed by atoms with Gasteiger partial charge in [0.2, 0.25) is 0 Å². The van der Waals surface area contributed by atoms with E-state index in [0.717, 1.165) is 0 Å². The highest BCUT2D eigenvalue weighted by molar-refractivity contribution is 5.85. The molecule has 0 heterocycles. The number of carboxylic acids is 3. The molecule has 0 saturated heterocycles. The van der Waals surface area contributed by atoms with E-state index in [9.17, 15) is 24.3 Å². The van der Waals surface area contributed by atoms with Crippen LogP contribution in [0.3, 0.4) is 0 Å². The van der Waals surface area contributed by atoms with Crippen LogP contribution in [-0.4, -0.2) is 78.4 Å². The van der Waals surface area contributed by atoms with Crippen LogP contribution in [0, 0.1) is 0 Å². The number of rotatable bonds is 9. The lowest BCUT2D eigenvalue weighted by Gasteiger charge is -2.28. The lowest BCUT2D eigenvalue weighted by atomic mass is 10.2. The monoisotopic (exact) mass is 386 g/mol. The lowest BCUT2D eigenvalue weighted by Crippen LogP contribution is -2.43. The number of likely N-dealkylation sites (N-methyl/N-ethyl adjacent to an activating group) is 1. The third kappa shape index (κ3) is 22.1. The van der Waals surface area contributed by atoms with E-state index in [1.165, 1.54) is 6.92 Å². The Hall–Kier alpha value is -1.91. The molecular formula is C14H27ClN2O8. The Labute approximate surface area is 152 Å². The number of hydrogen-bond donors (Lipinski definition) is 3. The topological polar surface area (TPSA) is 167 Å². The highest BCUT2D eigenvalue weighted by Crippen LogP contribution is 2.05. The van der Waals surface area contributed by atoms with Gasteiger partial charge in [0, 0.05) is 19.4 Å². The summed E-state index contributed by atoms with van der Waals surface area (Å²) in [5.74, 6) is -3.87. The minimum Gasteiger partial charge on any atom is -0.548 e. The van der Waals surface area contributed by atoms with Crippen molar-refractivity contribution in [1.29, 1.82) is 0 Å². The number of nitrogens with zero attached hydrogens (tertiary/aromatic N) is 1. The molecule has 0 aromatic carbocycles. The van der Waals surface area contributed by atoms with Gasteiger partial charge in [0.1, 0.15) is 6.54 Å². The number of carbonyl (C=O) groups is 4. The fraction of sp³-hybridized carbons (Fsp3) is 0.714. The molecule has 0 saturated carbocycles. The van der Waals surface area contributed by atoms with Crippen LogP contribution in [0.15, 0.2) is 0 Å². The van der Waals surface area contributed by atoms with Gasteiger partial charge in [0.25, 0.3) is 0 Å². The molecule has 0 fully saturated rings. The Kier molecular flexibility index (Phi) is 15.0. The molecular weight excluding hydrogens is 360 g/mol. The number of nitrogens with two attached hydrogens (primary N) is 1. The molecule has 11 heteroatoms. The molecule has 0 spiro atoms. The minimum atomic E-state index is -1.42. The average molecular weight is 387 g/mol. The molecule has 0 radical (unpaired) electrons. The van der Waals surface area contributed by atoms with Crippen LogP contribution in [0.4, 0.5) is 0 Å². The van der Waals surface area contributed by atoms with Crippen LogP contribution in [0.5, 0.6) is 0 Å². The van der Waals surface area contributed by atoms with Gasteiger partial charge in [0.05, 0.1) is 33.5 Å². The highest BCUT2D eigenvalue weighted by Gasteiger charge is 2.23. The van der Waals surface area contributed by atoms with Gasteiger partial charge in [-0.25, -0.2) is 0 Å². The summed E-state index contributed by atoms with van der Waals surface area (Å²) in [5, 5.41) is 26.6. The first-order chi connectivity index (χ1) is 10.7. The Balaban J connectivity index is -0.000000392. The van der Waals surface area contributed by atoms with E-state index in [-0.39, 0.29) is 31.7 Å². The van der Waals surface area contributed by atoms with Gasteiger partial charge in [-0.15, -0.1) is 12.4 Å². The minimum absolute atomic E-state index is 0. The van der Waals surface area contributed by atoms with E-state index in [4.69, 9.17) is 20.7 Å². The number of ether oxygens (including phenoxy) is 1. The summed E-state index contributed by atoms with van der Waals surface area (Å²) in [7, 11) is 5.75. The van der Waals surface area contributed by atoms with Crippen molar-refractivity contribution in [2.24, 2.45) is 5.73 Å². The Morgan fingerprint density at radius 1 is 1.12 bits per heavy atom. The van der Waals surface area contributed by atoms with Gasteiger partial charge in [-0.1, -0.05) is 0 Å². The van der Waals surface area contributed by atoms with Gasteiger partial charge < -0.3 is 35.1 Å². The first-order valence-corrected chi connectivity index (χ1v) is 7.12. The molecule has 0 amide bonds. The Bertz CT molecular complexity index is 435. The van der Waals surface area contributed by atoms with E-state index in [0.29, 0.717) is 11.0 Å². The molecule has 2 atom stereocenters. The van der Waals surface area contributed by atoms with Crippen molar-refractivity contribution in [3.8, 4) is 0 Å². The van der Waals surface area contributed by atoms with Crippen LogP contribution < -0.4 is 10.8 Å². The standard InChI is InChI=1S/C9H17NO4.C5H9NO4.ClH/c1-7(11)14-8(5-9(12)13)6-10(2,3)4;6-3(5(9)10)1-2-4(7)8;/h8H,5-6H2,1-4H3;3H,1-2,6H2,(H,7,8)(H,9,10);1H/t8-;3-;/m01./s1. The number of quaternary nitrogens is 1. The number of carboxylic acid groups (broad SMARTS) is 3. The third-order valence-corrected chi connectivity index (χ3v) is 2.46. The zero-order valence-electron chi connectivity index (χ0n) is 14.8. The number of aliphatic carboxylic acids is 3. The molecule has 0 unspecified atom stereocenters. The molecule has 0 aromatic heterocycles. The summed E-state index contributed by atoms with van der Waals surface area (Å²) in [6, 6.07) is -1.17. The quantitative estimate of drug-likeness (QED) is 0.313. The summed E-state index contributed by atoms with van der Waals surface area (Å²) < 4.78 is 5.46. The first kappa shape index (κ1) is 27.9. The van der Waals surface area contributed by atoms with Crippen molar-refractivity contribution in [2.75, 3.05) is 27.7 Å². The highest BCUT2D eigenvalue weighted by atomic mass is 35.5. The maximum Gasteiger partial charge on any atom is 0.307 e. The zero-order chi connectivity index (χ0) is 19.5. The van der Waals surface area contributed by atoms with E-state index < -0.39 is 36.0 Å². The number of hydrogen-bond acceptors (Lipinski definition) is 7. The SMILES string of the molecule is CC(=O)O[C@@H](CC(=O)O)C[N+](C)(C)C.Cl.N[C@H](CCC(=O)O)C(=O)[O-]. The van der Waals surface area contributed by atoms with Crippen LogP contribution in [0.1, 0.15) is 26.2 Å². The number of esters is 1. The second-order valence-electron chi connectivity index (χ2n) is 6.16. The van der Waals surface area contributed by atoms with Crippen molar-refractivity contribution in [3.63, 3.8) is 0 Å². The van der Waals surface area contributed by atoms with Gasteiger partial charge in [0.15, 0.2) is 6.10 Å². The van der Waals surface area contributed by atoms with E-state index >= 15 is 0 Å². The number of halogens is 1. The van der Waals surface area contributed by atoms with Gasteiger partial charge >= 0.3 is 17.9 Å². The largest absolute Gasteiger partial charge is 0.548 e. The van der Waals surface area contributed by atoms with E-state index in [1.54, 1.807) is 0 Å². The second-order valence-corrected chi connectivity index (χ2v) is 6.16. The molecule has 0 aliphatic carbocycles. The molecule has 4 N–H and O–H groups in total. The zero-order valence-corrected chi connectivity index (χ0v) is 15.6. The average Bonchev–Trinajstić information content (AvgIpc) is 2.32. The second kappa shape index (κ2) is 13.4. The fourth-order valence-electron chi connectivity index (χ4n) is 1.58. The van der Waals surface area contributed by atoms with Crippen LogP contribution >= 0.6 is 12.4 Å². The molecule has 25 heavy (non-hydrogen) atoms. The maximum atomic E-state index is 10.7. The first-order valence-electron chi connectivity index (χ1n) is 7.12. The molecule has 10 nitrogen and oxygen atoms in total. The van der Waals surface area contributed by atoms with Crippen molar-refractivity contribution < 1.29 is 43.7 Å². The van der Waals surface area contributed by atoms with Crippen molar-refractivity contribution in [3.05, 3.63) is 0 Å². The summed E-state index contributed by atoms with van der Waals surface area (Å²) in [6.07, 6.45) is -1.02. The predicted molar refractivity (Wildman–Crippen MR) is 87.8 cm³/mol. The molecule has 0 rings (SSSR count). The third-order valence-electron chi connectivity index (χ3n) is 2.46. The molecule has 148 valence electrons. The Morgan fingerprint density at radius 2 is 1.60 bits per heavy atom. The van der Waals surface area contributed by atoms with E-state index in [1.807, 2.05) is 21.1 Å². The molecule has 0 bridgehead atoms. The maximum absolute atomic E-state index is 10.7. The van der Waals surface area contributed by atoms with Gasteiger partial charge in [-0.05, 0) is 6.42 Å². The van der Waals surface area contributed by atoms with Crippen LogP contribution in [0.25, 0.3) is 0 Å². The number of carbonyl (C=O) groups excluding carboxylic acids is 2. The molecule has 0 aliphatic heterocycles. The summed E-state index contributed by atoms with van der Waals surface area (Å²) >= 11 is 0. The summed E-state index contributed by atoms with van der Waals surface area (Å²) in [6.45, 7) is 1.77. The molecule has 0 aromatic rings. The lowest BCUT2D eigenvalue weighted by molar-refractivity contribution is -0.873.